The van der Waals surface area contributed by atoms with Crippen molar-refractivity contribution in [3.8, 4) is 33.4 Å². The number of ketones is 2. The van der Waals surface area contributed by atoms with Gasteiger partial charge in [0.05, 0.1) is 15.4 Å². The van der Waals surface area contributed by atoms with E-state index in [9.17, 15) is 29.8 Å². The van der Waals surface area contributed by atoms with Crippen molar-refractivity contribution in [3.05, 3.63) is 140 Å². The van der Waals surface area contributed by atoms with Gasteiger partial charge in [-0.25, -0.2) is 0 Å². The van der Waals surface area contributed by atoms with Crippen LogP contribution in [0.15, 0.2) is 97.1 Å². The SMILES string of the molecule is O=C1c2c(cccc2[N+](=O)[O-])-c2cc(-c3cc4c5c(cccc5c3)C(=O)c3cccc([N+](=O)[O-])c3-4)cc3cccc1c23. The van der Waals surface area contributed by atoms with Crippen molar-refractivity contribution in [1.82, 2.24) is 0 Å². The molecule has 8 nitrogen and oxygen atoms in total. The summed E-state index contributed by atoms with van der Waals surface area (Å²) in [5.74, 6) is -0.649. The number of hydrogen-bond acceptors (Lipinski definition) is 6. The van der Waals surface area contributed by atoms with E-state index in [4.69, 9.17) is 0 Å². The zero-order chi connectivity index (χ0) is 28.9. The van der Waals surface area contributed by atoms with Crippen molar-refractivity contribution >= 4 is 44.5 Å². The van der Waals surface area contributed by atoms with Crippen LogP contribution in [0.5, 0.6) is 0 Å². The topological polar surface area (TPSA) is 120 Å². The summed E-state index contributed by atoms with van der Waals surface area (Å²) in [6.45, 7) is 0. The molecular formula is C34H16N2O6. The van der Waals surface area contributed by atoms with Crippen molar-refractivity contribution in [3.63, 3.8) is 0 Å². The maximum Gasteiger partial charge on any atom is 0.281 e. The van der Waals surface area contributed by atoms with Gasteiger partial charge in [0.25, 0.3) is 11.4 Å². The number of carbonyl (C=O) groups excluding carboxylic acids is 2. The first kappa shape index (κ1) is 23.8. The minimum Gasteiger partial charge on any atom is -0.289 e. The molecule has 0 radical (unpaired) electrons. The fourth-order valence-corrected chi connectivity index (χ4v) is 6.58. The third-order valence-electron chi connectivity index (χ3n) is 8.29. The Morgan fingerprint density at radius 3 is 1.55 bits per heavy atom. The number of nitro groups is 2. The average molecular weight is 549 g/mol. The minimum atomic E-state index is -0.539. The first-order chi connectivity index (χ1) is 20.3. The first-order valence-corrected chi connectivity index (χ1v) is 13.1. The normalized spacial score (nSPS) is 12.8. The van der Waals surface area contributed by atoms with Gasteiger partial charge in [0.1, 0.15) is 5.56 Å². The van der Waals surface area contributed by atoms with E-state index in [1.54, 1.807) is 42.5 Å². The molecule has 8 rings (SSSR count). The third kappa shape index (κ3) is 3.06. The van der Waals surface area contributed by atoms with Gasteiger partial charge < -0.3 is 0 Å². The molecule has 2 aliphatic carbocycles. The van der Waals surface area contributed by atoms with E-state index in [1.165, 1.54) is 18.2 Å². The summed E-state index contributed by atoms with van der Waals surface area (Å²) in [7, 11) is 0. The van der Waals surface area contributed by atoms with E-state index in [0.717, 1.165) is 27.3 Å². The summed E-state index contributed by atoms with van der Waals surface area (Å²) >= 11 is 0. The summed E-state index contributed by atoms with van der Waals surface area (Å²) in [5.41, 5.74) is 4.40. The van der Waals surface area contributed by atoms with E-state index in [-0.39, 0.29) is 39.6 Å². The average Bonchev–Trinajstić information content (AvgIpc) is 3.00. The summed E-state index contributed by atoms with van der Waals surface area (Å²) < 4.78 is 0. The molecule has 6 aromatic carbocycles. The van der Waals surface area contributed by atoms with Crippen LogP contribution < -0.4 is 0 Å². The molecule has 6 aromatic rings. The van der Waals surface area contributed by atoms with Gasteiger partial charge in [0.15, 0.2) is 5.78 Å². The number of nitro benzene ring substituents is 2. The first-order valence-electron chi connectivity index (χ1n) is 13.1. The number of hydrogen-bond donors (Lipinski definition) is 0. The van der Waals surface area contributed by atoms with Crippen molar-refractivity contribution in [2.75, 3.05) is 0 Å². The van der Waals surface area contributed by atoms with Gasteiger partial charge in [-0.1, -0.05) is 54.6 Å². The van der Waals surface area contributed by atoms with Crippen LogP contribution in [0.2, 0.25) is 0 Å². The van der Waals surface area contributed by atoms with Crippen molar-refractivity contribution in [1.29, 1.82) is 0 Å². The fourth-order valence-electron chi connectivity index (χ4n) is 6.58. The number of rotatable bonds is 3. The predicted molar refractivity (Wildman–Crippen MR) is 158 cm³/mol. The second-order valence-corrected chi connectivity index (χ2v) is 10.4. The van der Waals surface area contributed by atoms with Crippen LogP contribution in [0.25, 0.3) is 54.9 Å². The van der Waals surface area contributed by atoms with Crippen LogP contribution >= 0.6 is 0 Å². The highest BCUT2D eigenvalue weighted by Crippen LogP contribution is 2.48. The van der Waals surface area contributed by atoms with E-state index in [1.807, 2.05) is 36.4 Å². The molecule has 0 aromatic heterocycles. The van der Waals surface area contributed by atoms with Crippen LogP contribution in [0.3, 0.4) is 0 Å². The largest absolute Gasteiger partial charge is 0.289 e. The number of nitrogens with zero attached hydrogens (tertiary/aromatic N) is 2. The Morgan fingerprint density at radius 2 is 0.929 bits per heavy atom. The molecule has 0 bridgehead atoms. The molecule has 0 amide bonds. The predicted octanol–water partition coefficient (Wildman–Crippen LogP) is 7.90. The molecule has 0 atom stereocenters. The summed E-state index contributed by atoms with van der Waals surface area (Å²) in [6, 6.07) is 27.6. The van der Waals surface area contributed by atoms with Gasteiger partial charge in [-0.05, 0) is 63.4 Å². The van der Waals surface area contributed by atoms with Crippen LogP contribution in [0.4, 0.5) is 11.4 Å². The smallest absolute Gasteiger partial charge is 0.281 e. The van der Waals surface area contributed by atoms with Crippen molar-refractivity contribution in [2.24, 2.45) is 0 Å². The number of benzene rings is 6. The Kier molecular flexibility index (Phi) is 4.68. The highest BCUT2D eigenvalue weighted by atomic mass is 16.6. The van der Waals surface area contributed by atoms with Gasteiger partial charge in [-0.2, -0.15) is 0 Å². The Balaban J connectivity index is 1.46. The number of carbonyl (C=O) groups is 2. The molecular weight excluding hydrogens is 532 g/mol. The molecule has 0 heterocycles. The fraction of sp³-hybridized carbons (Fsp3) is 0. The lowest BCUT2D eigenvalue weighted by atomic mass is 9.79. The minimum absolute atomic E-state index is 0.0564. The van der Waals surface area contributed by atoms with Gasteiger partial charge in [0.2, 0.25) is 5.78 Å². The molecule has 0 N–H and O–H groups in total. The lowest BCUT2D eigenvalue weighted by Gasteiger charge is -2.23. The second kappa shape index (κ2) is 8.25. The molecule has 0 saturated carbocycles. The molecule has 0 spiro atoms. The second-order valence-electron chi connectivity index (χ2n) is 10.4. The zero-order valence-corrected chi connectivity index (χ0v) is 21.6. The van der Waals surface area contributed by atoms with E-state index >= 15 is 0 Å². The maximum absolute atomic E-state index is 13.5. The molecule has 0 unspecified atom stereocenters. The molecule has 8 heteroatoms. The zero-order valence-electron chi connectivity index (χ0n) is 21.6. The van der Waals surface area contributed by atoms with E-state index in [0.29, 0.717) is 33.2 Å². The van der Waals surface area contributed by atoms with E-state index < -0.39 is 9.85 Å². The monoisotopic (exact) mass is 548 g/mol. The highest BCUT2D eigenvalue weighted by molar-refractivity contribution is 6.29. The van der Waals surface area contributed by atoms with Gasteiger partial charge in [-0.3, -0.25) is 29.8 Å². The van der Waals surface area contributed by atoms with Crippen LogP contribution in [0, 0.1) is 20.2 Å². The summed E-state index contributed by atoms with van der Waals surface area (Å²) in [5, 5.41) is 26.9. The van der Waals surface area contributed by atoms with E-state index in [2.05, 4.69) is 0 Å². The molecule has 0 saturated heterocycles. The standard InChI is InChI=1S/C34H16N2O6/c37-33-22-8-1-6-18-14-20(16-26(30(18)22)31-24(33)10-4-11-27(31)35(39)40)19-13-17-5-2-9-23-29(17)25(15-19)21-7-3-12-28(36(41)42)32(21)34(23)38/h1-16H. The molecule has 42 heavy (non-hydrogen) atoms. The van der Waals surface area contributed by atoms with Crippen LogP contribution in [-0.2, 0) is 0 Å². The maximum atomic E-state index is 13.5. The Labute approximate surface area is 236 Å². The quantitative estimate of drug-likeness (QED) is 0.163. The number of fused-ring (bicyclic) bond motifs is 4. The molecule has 198 valence electrons. The van der Waals surface area contributed by atoms with Gasteiger partial charge in [0, 0.05) is 45.2 Å². The lowest BCUT2D eigenvalue weighted by Crippen LogP contribution is -2.13. The van der Waals surface area contributed by atoms with Crippen LogP contribution in [0.1, 0.15) is 31.8 Å². The Bertz CT molecular complexity index is 2300. The van der Waals surface area contributed by atoms with Crippen LogP contribution in [-0.4, -0.2) is 21.4 Å². The Morgan fingerprint density at radius 1 is 0.452 bits per heavy atom. The lowest BCUT2D eigenvalue weighted by molar-refractivity contribution is -0.385. The van der Waals surface area contributed by atoms with Gasteiger partial charge in [-0.15, -0.1) is 0 Å². The molecule has 0 fully saturated rings. The highest BCUT2D eigenvalue weighted by Gasteiger charge is 2.34. The Hall–Kier alpha value is -6.02. The summed E-state index contributed by atoms with van der Waals surface area (Å²) in [4.78, 5) is 49.8. The molecule has 2 aliphatic rings. The third-order valence-corrected chi connectivity index (χ3v) is 8.29. The summed E-state index contributed by atoms with van der Waals surface area (Å²) in [6.07, 6.45) is 0. The van der Waals surface area contributed by atoms with Crippen molar-refractivity contribution in [2.45, 2.75) is 0 Å². The van der Waals surface area contributed by atoms with Gasteiger partial charge >= 0.3 is 0 Å². The molecule has 0 aliphatic heterocycles. The van der Waals surface area contributed by atoms with Crippen molar-refractivity contribution < 1.29 is 19.4 Å².